The predicted octanol–water partition coefficient (Wildman–Crippen LogP) is 0.492. The van der Waals surface area contributed by atoms with Crippen molar-refractivity contribution in [2.75, 3.05) is 13.2 Å². The van der Waals surface area contributed by atoms with Gasteiger partial charge in [-0.1, -0.05) is 12.1 Å². The quantitative estimate of drug-likeness (QED) is 0.690. The second-order valence-corrected chi connectivity index (χ2v) is 3.72. The van der Waals surface area contributed by atoms with E-state index in [1.165, 1.54) is 12.1 Å². The molecule has 0 aliphatic carbocycles. The standard InChI is InChI=1S/C12H14FNO4/c13-9-3-1-8(2-4-9)10(12(17)18)7-11(16)14-5-6-15/h1-4,10,15H,5-7H2,(H,14,16)(H,17,18). The summed E-state index contributed by atoms with van der Waals surface area (Å²) >= 11 is 0. The second-order valence-electron chi connectivity index (χ2n) is 3.72. The third-order valence-corrected chi connectivity index (χ3v) is 2.39. The Balaban J connectivity index is 2.74. The smallest absolute Gasteiger partial charge is 0.311 e. The minimum Gasteiger partial charge on any atom is -0.481 e. The van der Waals surface area contributed by atoms with Crippen LogP contribution in [-0.2, 0) is 9.59 Å². The molecular formula is C12H14FNO4. The number of hydrogen-bond donors (Lipinski definition) is 3. The van der Waals surface area contributed by atoms with E-state index in [9.17, 15) is 14.0 Å². The van der Waals surface area contributed by atoms with Gasteiger partial charge in [0, 0.05) is 13.0 Å². The molecule has 0 radical (unpaired) electrons. The molecule has 0 aliphatic rings. The lowest BCUT2D eigenvalue weighted by Crippen LogP contribution is -2.29. The van der Waals surface area contributed by atoms with Gasteiger partial charge in [-0.15, -0.1) is 0 Å². The first-order valence-corrected chi connectivity index (χ1v) is 5.40. The van der Waals surface area contributed by atoms with Crippen LogP contribution in [0.15, 0.2) is 24.3 Å². The third-order valence-electron chi connectivity index (χ3n) is 2.39. The van der Waals surface area contributed by atoms with Crippen LogP contribution in [0.4, 0.5) is 4.39 Å². The average molecular weight is 255 g/mol. The van der Waals surface area contributed by atoms with Gasteiger partial charge < -0.3 is 15.5 Å². The highest BCUT2D eigenvalue weighted by atomic mass is 19.1. The van der Waals surface area contributed by atoms with Crippen molar-refractivity contribution in [3.8, 4) is 0 Å². The zero-order chi connectivity index (χ0) is 13.5. The van der Waals surface area contributed by atoms with E-state index in [0.29, 0.717) is 5.56 Å². The van der Waals surface area contributed by atoms with Gasteiger partial charge in [-0.05, 0) is 17.7 Å². The van der Waals surface area contributed by atoms with E-state index < -0.39 is 23.6 Å². The number of rotatable bonds is 6. The Morgan fingerprint density at radius 1 is 1.28 bits per heavy atom. The highest BCUT2D eigenvalue weighted by Gasteiger charge is 2.23. The molecule has 0 aromatic heterocycles. The van der Waals surface area contributed by atoms with Crippen LogP contribution in [0.25, 0.3) is 0 Å². The lowest BCUT2D eigenvalue weighted by atomic mass is 9.95. The molecule has 0 fully saturated rings. The molecule has 3 N–H and O–H groups in total. The highest BCUT2D eigenvalue weighted by molar-refractivity contribution is 5.85. The maximum absolute atomic E-state index is 12.7. The number of amides is 1. The van der Waals surface area contributed by atoms with Gasteiger partial charge in [0.2, 0.25) is 5.91 Å². The molecule has 0 heterocycles. The van der Waals surface area contributed by atoms with Crippen LogP contribution in [0.5, 0.6) is 0 Å². The van der Waals surface area contributed by atoms with Gasteiger partial charge in [0.25, 0.3) is 0 Å². The van der Waals surface area contributed by atoms with E-state index >= 15 is 0 Å². The lowest BCUT2D eigenvalue weighted by molar-refractivity contribution is -0.140. The van der Waals surface area contributed by atoms with E-state index in [2.05, 4.69) is 5.32 Å². The number of aliphatic hydroxyl groups is 1. The van der Waals surface area contributed by atoms with Crippen LogP contribution in [0.3, 0.4) is 0 Å². The first kappa shape index (κ1) is 14.1. The molecule has 0 spiro atoms. The van der Waals surface area contributed by atoms with Crippen molar-refractivity contribution < 1.29 is 24.2 Å². The van der Waals surface area contributed by atoms with Crippen LogP contribution in [0.1, 0.15) is 17.9 Å². The molecule has 0 bridgehead atoms. The van der Waals surface area contributed by atoms with Crippen LogP contribution >= 0.6 is 0 Å². The number of aliphatic carboxylic acids is 1. The Labute approximate surface area is 103 Å². The lowest BCUT2D eigenvalue weighted by Gasteiger charge is -2.12. The van der Waals surface area contributed by atoms with Gasteiger partial charge in [0.15, 0.2) is 0 Å². The van der Waals surface area contributed by atoms with Gasteiger partial charge in [0.1, 0.15) is 5.82 Å². The third kappa shape index (κ3) is 4.14. The summed E-state index contributed by atoms with van der Waals surface area (Å²) < 4.78 is 12.7. The number of carbonyl (C=O) groups excluding carboxylic acids is 1. The molecule has 1 aromatic carbocycles. The van der Waals surface area contributed by atoms with Crippen LogP contribution < -0.4 is 5.32 Å². The fourth-order valence-corrected chi connectivity index (χ4v) is 1.50. The molecule has 5 nitrogen and oxygen atoms in total. The molecule has 1 rings (SSSR count). The molecule has 18 heavy (non-hydrogen) atoms. The van der Waals surface area contributed by atoms with E-state index in [0.717, 1.165) is 12.1 Å². The monoisotopic (exact) mass is 255 g/mol. The van der Waals surface area contributed by atoms with E-state index in [1.54, 1.807) is 0 Å². The van der Waals surface area contributed by atoms with E-state index in [1.807, 2.05) is 0 Å². The fraction of sp³-hybridized carbons (Fsp3) is 0.333. The van der Waals surface area contributed by atoms with Gasteiger partial charge >= 0.3 is 5.97 Å². The minimum absolute atomic E-state index is 0.0780. The van der Waals surface area contributed by atoms with Crippen LogP contribution in [0.2, 0.25) is 0 Å². The van der Waals surface area contributed by atoms with Crippen molar-refractivity contribution in [1.82, 2.24) is 5.32 Å². The normalized spacial score (nSPS) is 11.9. The maximum Gasteiger partial charge on any atom is 0.311 e. The number of nitrogens with one attached hydrogen (secondary N) is 1. The SMILES string of the molecule is O=C(CC(C(=O)O)c1ccc(F)cc1)NCCO. The van der Waals surface area contributed by atoms with Crippen LogP contribution in [-0.4, -0.2) is 35.2 Å². The number of aliphatic hydroxyl groups excluding tert-OH is 1. The molecule has 98 valence electrons. The van der Waals surface area contributed by atoms with Crippen LogP contribution in [0, 0.1) is 5.82 Å². The summed E-state index contributed by atoms with van der Waals surface area (Å²) in [7, 11) is 0. The Bertz CT molecular complexity index is 419. The van der Waals surface area contributed by atoms with E-state index in [-0.39, 0.29) is 19.6 Å². The Kier molecular flexibility index (Phi) is 5.26. The van der Waals surface area contributed by atoms with Gasteiger partial charge in [-0.25, -0.2) is 4.39 Å². The summed E-state index contributed by atoms with van der Waals surface area (Å²) in [6, 6.07) is 4.98. The Morgan fingerprint density at radius 2 is 1.89 bits per heavy atom. The Hall–Kier alpha value is -1.95. The molecule has 1 aromatic rings. The molecule has 1 amide bonds. The number of benzene rings is 1. The zero-order valence-electron chi connectivity index (χ0n) is 9.60. The van der Waals surface area contributed by atoms with E-state index in [4.69, 9.17) is 10.2 Å². The molecule has 0 saturated carbocycles. The summed E-state index contributed by atoms with van der Waals surface area (Å²) in [6.07, 6.45) is -0.249. The summed E-state index contributed by atoms with van der Waals surface area (Å²) in [4.78, 5) is 22.5. The molecular weight excluding hydrogens is 241 g/mol. The fourth-order valence-electron chi connectivity index (χ4n) is 1.50. The average Bonchev–Trinajstić information content (AvgIpc) is 2.34. The first-order valence-electron chi connectivity index (χ1n) is 5.40. The summed E-state index contributed by atoms with van der Waals surface area (Å²) in [6.45, 7) is -0.130. The largest absolute Gasteiger partial charge is 0.481 e. The molecule has 0 aliphatic heterocycles. The summed E-state index contributed by atoms with van der Waals surface area (Å²) in [5.41, 5.74) is 0.364. The number of halogens is 1. The molecule has 6 heteroatoms. The molecule has 1 unspecified atom stereocenters. The summed E-state index contributed by atoms with van der Waals surface area (Å²) in [5.74, 6) is -3.11. The first-order chi connectivity index (χ1) is 8.54. The van der Waals surface area contributed by atoms with Crippen molar-refractivity contribution in [1.29, 1.82) is 0 Å². The van der Waals surface area contributed by atoms with Gasteiger partial charge in [-0.3, -0.25) is 9.59 Å². The highest BCUT2D eigenvalue weighted by Crippen LogP contribution is 2.20. The van der Waals surface area contributed by atoms with Crippen molar-refractivity contribution >= 4 is 11.9 Å². The second kappa shape index (κ2) is 6.70. The summed E-state index contributed by atoms with van der Waals surface area (Å²) in [5, 5.41) is 20.0. The number of hydrogen-bond acceptors (Lipinski definition) is 3. The van der Waals surface area contributed by atoms with Crippen molar-refractivity contribution in [2.24, 2.45) is 0 Å². The Morgan fingerprint density at radius 3 is 2.39 bits per heavy atom. The molecule has 1 atom stereocenters. The van der Waals surface area contributed by atoms with Gasteiger partial charge in [0.05, 0.1) is 12.5 Å². The van der Waals surface area contributed by atoms with Crippen molar-refractivity contribution in [3.63, 3.8) is 0 Å². The zero-order valence-corrected chi connectivity index (χ0v) is 9.60. The van der Waals surface area contributed by atoms with Crippen molar-refractivity contribution in [3.05, 3.63) is 35.6 Å². The topological polar surface area (TPSA) is 86.6 Å². The van der Waals surface area contributed by atoms with Crippen molar-refractivity contribution in [2.45, 2.75) is 12.3 Å². The minimum atomic E-state index is -1.15. The predicted molar refractivity (Wildman–Crippen MR) is 61.5 cm³/mol. The number of carboxylic acids is 1. The molecule has 0 saturated heterocycles. The number of carbonyl (C=O) groups is 2. The maximum atomic E-state index is 12.7. The number of carboxylic acid groups (broad SMARTS) is 1. The van der Waals surface area contributed by atoms with Gasteiger partial charge in [-0.2, -0.15) is 0 Å².